The second-order valence-corrected chi connectivity index (χ2v) is 17.0. The minimum atomic E-state index is -0.193. The van der Waals surface area contributed by atoms with Gasteiger partial charge in [-0.05, 0) is 130 Å². The molecule has 0 atom stereocenters. The molecule has 2 aliphatic heterocycles. The van der Waals surface area contributed by atoms with E-state index in [1.54, 1.807) is 0 Å². The van der Waals surface area contributed by atoms with E-state index in [9.17, 15) is 0 Å². The predicted molar refractivity (Wildman–Crippen MR) is 274 cm³/mol. The number of anilines is 6. The Morgan fingerprint density at radius 1 is 0.288 bits per heavy atom. The Morgan fingerprint density at radius 2 is 0.636 bits per heavy atom. The molecule has 0 amide bonds. The molecule has 2 aromatic heterocycles. The van der Waals surface area contributed by atoms with Crippen LogP contribution >= 0.6 is 0 Å². The topological polar surface area (TPSA) is 34.8 Å². The van der Waals surface area contributed by atoms with E-state index < -0.39 is 0 Å². The van der Waals surface area contributed by atoms with Crippen molar-refractivity contribution in [3.8, 4) is 23.0 Å². The first-order chi connectivity index (χ1) is 32.7. The van der Waals surface area contributed by atoms with Gasteiger partial charge in [-0.1, -0.05) is 127 Å². The fourth-order valence-electron chi connectivity index (χ4n) is 10.2. The lowest BCUT2D eigenvalue weighted by Crippen LogP contribution is -2.56. The van der Waals surface area contributed by atoms with E-state index in [-0.39, 0.29) is 13.7 Å². The summed E-state index contributed by atoms with van der Waals surface area (Å²) >= 11 is 0. The predicted octanol–water partition coefficient (Wildman–Crippen LogP) is 12.1. The molecule has 9 aromatic carbocycles. The third kappa shape index (κ3) is 6.29. The van der Waals surface area contributed by atoms with E-state index >= 15 is 0 Å². The highest BCUT2D eigenvalue weighted by molar-refractivity contribution is 6.89. The van der Waals surface area contributed by atoms with Crippen molar-refractivity contribution in [2.45, 2.75) is 0 Å². The number of ether oxygens (including phenoxy) is 2. The van der Waals surface area contributed by atoms with E-state index in [1.807, 2.05) is 0 Å². The van der Waals surface area contributed by atoms with E-state index in [4.69, 9.17) is 9.47 Å². The van der Waals surface area contributed by atoms with Gasteiger partial charge < -0.3 is 28.2 Å². The Balaban J connectivity index is 1.01. The summed E-state index contributed by atoms with van der Waals surface area (Å²) in [7, 11) is 0. The van der Waals surface area contributed by atoms with Crippen LogP contribution in [-0.4, -0.2) is 22.7 Å². The Morgan fingerprint density at radius 3 is 1.03 bits per heavy atom. The maximum atomic E-state index is 7.17. The molecule has 66 heavy (non-hydrogen) atoms. The van der Waals surface area contributed by atoms with Crippen molar-refractivity contribution in [3.05, 3.63) is 243 Å². The molecule has 0 bridgehead atoms. The summed E-state index contributed by atoms with van der Waals surface area (Å²) in [6, 6.07) is 81.5. The molecule has 2 aliphatic rings. The Kier molecular flexibility index (Phi) is 8.94. The van der Waals surface area contributed by atoms with Gasteiger partial charge in [-0.2, -0.15) is 0 Å². The van der Waals surface area contributed by atoms with Gasteiger partial charge in [-0.25, -0.2) is 0 Å². The average molecular weight is 847 g/mol. The van der Waals surface area contributed by atoms with Crippen LogP contribution in [0.5, 0.6) is 23.0 Å². The number of fused-ring (bicyclic) bond motifs is 6. The number of hydrogen-bond acceptors (Lipinski definition) is 4. The monoisotopic (exact) mass is 846 g/mol. The molecule has 310 valence electrons. The summed E-state index contributed by atoms with van der Waals surface area (Å²) in [5, 5.41) is 2.37. The maximum absolute atomic E-state index is 7.17. The lowest BCUT2D eigenvalue weighted by molar-refractivity contribution is 0.465. The number of nitrogens with zero attached hydrogens (tertiary/aromatic N) is 4. The van der Waals surface area contributed by atoms with Gasteiger partial charge in [0, 0.05) is 63.4 Å². The summed E-state index contributed by atoms with van der Waals surface area (Å²) < 4.78 is 19.2. The van der Waals surface area contributed by atoms with Crippen LogP contribution in [0.1, 0.15) is 0 Å². The summed E-state index contributed by atoms with van der Waals surface area (Å²) in [5.74, 6) is 3.12. The molecule has 8 heteroatoms. The van der Waals surface area contributed by atoms with Gasteiger partial charge in [0.1, 0.15) is 23.0 Å². The molecule has 4 heterocycles. The number of para-hydroxylation sites is 6. The van der Waals surface area contributed by atoms with Crippen molar-refractivity contribution in [1.82, 2.24) is 8.96 Å². The number of aromatic nitrogens is 2. The molecule has 13 rings (SSSR count). The highest BCUT2D eigenvalue weighted by atomic mass is 16.5. The molecular formula is C58H40B2N4O2. The molecule has 0 unspecified atom stereocenters. The smallest absolute Gasteiger partial charge is 0.335 e. The van der Waals surface area contributed by atoms with Crippen LogP contribution < -0.4 is 41.1 Å². The molecule has 0 N–H and O–H groups in total. The standard InChI is InChI=1S/C58H40B2N4O2/c1-5-19-43(20-6-1)63(44-21-7-2-8-22-44)47-29-31-49-55(37-47)65-57-40-58-52(39-51(57)59(49)61-35-33-41-17-13-15-27-53(41)61)60(62-36-34-42-18-14-16-28-54(42)62)50-32-30-48(38-56(50)66-58)64(45-23-9-3-10-24-45)46-25-11-4-12-26-46/h1-40H. The van der Waals surface area contributed by atoms with E-state index in [0.717, 1.165) is 90.0 Å². The lowest BCUT2D eigenvalue weighted by atomic mass is 9.44. The molecule has 0 spiro atoms. The summed E-state index contributed by atoms with van der Waals surface area (Å²) in [6.07, 6.45) is 4.44. The zero-order chi connectivity index (χ0) is 43.6. The molecule has 0 aliphatic carbocycles. The van der Waals surface area contributed by atoms with Gasteiger partial charge in [0.25, 0.3) is 0 Å². The number of benzene rings is 9. The van der Waals surface area contributed by atoms with Gasteiger partial charge in [0.15, 0.2) is 0 Å². The average Bonchev–Trinajstić information content (AvgIpc) is 4.01. The molecule has 0 saturated heterocycles. The van der Waals surface area contributed by atoms with Crippen molar-refractivity contribution in [2.24, 2.45) is 0 Å². The summed E-state index contributed by atoms with van der Waals surface area (Å²) in [4.78, 5) is 4.56. The van der Waals surface area contributed by atoms with Crippen molar-refractivity contribution < 1.29 is 9.47 Å². The Labute approximate surface area is 384 Å². The third-order valence-corrected chi connectivity index (χ3v) is 13.1. The van der Waals surface area contributed by atoms with Crippen LogP contribution in [0.3, 0.4) is 0 Å². The lowest BCUT2D eigenvalue weighted by Gasteiger charge is -2.34. The van der Waals surface area contributed by atoms with Gasteiger partial charge in [0.05, 0.1) is 0 Å². The molecular weight excluding hydrogens is 806 g/mol. The van der Waals surface area contributed by atoms with E-state index in [1.165, 1.54) is 10.8 Å². The first-order valence-electron chi connectivity index (χ1n) is 22.5. The van der Waals surface area contributed by atoms with E-state index in [2.05, 4.69) is 262 Å². The molecule has 0 saturated carbocycles. The van der Waals surface area contributed by atoms with Gasteiger partial charge in [0.2, 0.25) is 0 Å². The molecule has 11 aromatic rings. The fraction of sp³-hybridized carbons (Fsp3) is 0. The zero-order valence-corrected chi connectivity index (χ0v) is 35.9. The van der Waals surface area contributed by atoms with Crippen LogP contribution in [-0.2, 0) is 0 Å². The normalized spacial score (nSPS) is 12.4. The minimum absolute atomic E-state index is 0.193. The van der Waals surface area contributed by atoms with Crippen molar-refractivity contribution in [2.75, 3.05) is 9.80 Å². The SMILES string of the molecule is c1ccc(N(c2ccccc2)c2ccc3c(c2)Oc2cc4c(cc2B3n2ccc3ccccc32)B(n2ccc3ccccc32)c2ccc(N(c3ccccc3)c3ccccc3)cc2O4)cc1. The molecule has 6 nitrogen and oxygen atoms in total. The largest absolute Gasteiger partial charge is 0.458 e. The second kappa shape index (κ2) is 15.6. The van der Waals surface area contributed by atoms with Gasteiger partial charge in [-0.3, -0.25) is 0 Å². The van der Waals surface area contributed by atoms with Crippen LogP contribution in [0.25, 0.3) is 21.8 Å². The molecule has 0 radical (unpaired) electrons. The van der Waals surface area contributed by atoms with Crippen molar-refractivity contribution in [3.63, 3.8) is 0 Å². The van der Waals surface area contributed by atoms with Crippen LogP contribution in [0.2, 0.25) is 0 Å². The van der Waals surface area contributed by atoms with Gasteiger partial charge >= 0.3 is 13.7 Å². The highest BCUT2D eigenvalue weighted by Crippen LogP contribution is 2.41. The minimum Gasteiger partial charge on any atom is -0.458 e. The summed E-state index contributed by atoms with van der Waals surface area (Å²) in [6.45, 7) is -0.387. The quantitative estimate of drug-likeness (QED) is 0.143. The molecule has 0 fully saturated rings. The van der Waals surface area contributed by atoms with Crippen LogP contribution in [0, 0.1) is 0 Å². The number of rotatable bonds is 8. The highest BCUT2D eigenvalue weighted by Gasteiger charge is 2.40. The first kappa shape index (κ1) is 37.9. The summed E-state index contributed by atoms with van der Waals surface area (Å²) in [5.41, 5.74) is 12.9. The third-order valence-electron chi connectivity index (χ3n) is 13.1. The van der Waals surface area contributed by atoms with Crippen LogP contribution in [0.4, 0.5) is 34.1 Å². The fourth-order valence-corrected chi connectivity index (χ4v) is 10.2. The zero-order valence-electron chi connectivity index (χ0n) is 35.9. The number of hydrogen-bond donors (Lipinski definition) is 0. The van der Waals surface area contributed by atoms with Crippen LogP contribution in [0.15, 0.2) is 243 Å². The Bertz CT molecular complexity index is 3270. The van der Waals surface area contributed by atoms with Gasteiger partial charge in [-0.15, -0.1) is 0 Å². The maximum Gasteiger partial charge on any atom is 0.335 e. The van der Waals surface area contributed by atoms with Crippen molar-refractivity contribution >= 4 is 91.5 Å². The first-order valence-corrected chi connectivity index (χ1v) is 22.5. The Hall–Kier alpha value is -8.61. The van der Waals surface area contributed by atoms with E-state index in [0.29, 0.717) is 0 Å². The second-order valence-electron chi connectivity index (χ2n) is 17.0. The van der Waals surface area contributed by atoms with Crippen molar-refractivity contribution in [1.29, 1.82) is 0 Å².